The number of hydrogen-bond acceptors (Lipinski definition) is 2. The molecule has 0 atom stereocenters. The minimum atomic E-state index is 0.736. The fraction of sp³-hybridized carbons (Fsp3) is 0.429. The average Bonchev–Trinajstić information content (AvgIpc) is 2.77. The maximum Gasteiger partial charge on any atom is 0.148 e. The van der Waals surface area contributed by atoms with Gasteiger partial charge in [-0.05, 0) is 18.1 Å². The zero-order chi connectivity index (χ0) is 12.4. The van der Waals surface area contributed by atoms with Crippen LogP contribution in [-0.2, 0) is 11.8 Å². The van der Waals surface area contributed by atoms with E-state index in [4.69, 9.17) is 0 Å². The molecule has 3 nitrogen and oxygen atoms in total. The normalized spacial score (nSPS) is 15.6. The van der Waals surface area contributed by atoms with Crippen molar-refractivity contribution in [2.75, 3.05) is 0 Å². The van der Waals surface area contributed by atoms with Gasteiger partial charge in [-0.25, -0.2) is 0 Å². The predicted molar refractivity (Wildman–Crippen MR) is 75.0 cm³/mol. The molecule has 0 radical (unpaired) electrons. The third-order valence-corrected chi connectivity index (χ3v) is 4.13. The first kappa shape index (κ1) is 11.9. The van der Waals surface area contributed by atoms with Crippen LogP contribution in [0, 0.1) is 5.92 Å². The van der Waals surface area contributed by atoms with Crippen molar-refractivity contribution >= 4 is 15.9 Å². The van der Waals surface area contributed by atoms with E-state index in [1.807, 2.05) is 6.07 Å². The molecule has 3 rings (SSSR count). The number of para-hydroxylation sites is 1. The fourth-order valence-electron chi connectivity index (χ4n) is 2.40. The predicted octanol–water partition coefficient (Wildman–Crippen LogP) is 3.50. The molecule has 1 aromatic heterocycles. The van der Waals surface area contributed by atoms with Crippen LogP contribution in [0.2, 0.25) is 0 Å². The molecule has 18 heavy (non-hydrogen) atoms. The summed E-state index contributed by atoms with van der Waals surface area (Å²) in [5.41, 5.74) is 1.16. The third kappa shape index (κ3) is 2.21. The number of nitrogens with zero attached hydrogens (tertiary/aromatic N) is 3. The third-order valence-electron chi connectivity index (χ3n) is 3.63. The molecule has 0 aliphatic heterocycles. The zero-order valence-electron chi connectivity index (χ0n) is 10.2. The van der Waals surface area contributed by atoms with Crippen molar-refractivity contribution in [3.63, 3.8) is 0 Å². The van der Waals surface area contributed by atoms with Gasteiger partial charge in [0.25, 0.3) is 0 Å². The molecular weight excluding hydrogens is 290 g/mol. The van der Waals surface area contributed by atoms with Gasteiger partial charge in [0.05, 0.1) is 5.33 Å². The second-order valence-corrected chi connectivity index (χ2v) is 5.40. The second-order valence-electron chi connectivity index (χ2n) is 4.84. The van der Waals surface area contributed by atoms with Gasteiger partial charge in [-0.1, -0.05) is 53.4 Å². The Bertz CT molecular complexity index is 517. The summed E-state index contributed by atoms with van der Waals surface area (Å²) in [4.78, 5) is 0. The lowest BCUT2D eigenvalue weighted by Gasteiger charge is -2.24. The standard InChI is InChI=1S/C14H16BrN3/c15-10-14-17-16-13(9-11-5-4-6-11)18(14)12-7-2-1-3-8-12/h1-3,7-8,11H,4-6,9-10H2. The average molecular weight is 306 g/mol. The zero-order valence-corrected chi connectivity index (χ0v) is 11.8. The summed E-state index contributed by atoms with van der Waals surface area (Å²) >= 11 is 3.49. The maximum atomic E-state index is 4.37. The number of benzene rings is 1. The second kappa shape index (κ2) is 5.22. The van der Waals surface area contributed by atoms with Crippen molar-refractivity contribution in [1.82, 2.24) is 14.8 Å². The first-order valence-electron chi connectivity index (χ1n) is 6.43. The van der Waals surface area contributed by atoms with Crippen LogP contribution >= 0.6 is 15.9 Å². The van der Waals surface area contributed by atoms with Crippen LogP contribution in [-0.4, -0.2) is 14.8 Å². The number of alkyl halides is 1. The van der Waals surface area contributed by atoms with Gasteiger partial charge in [-0.2, -0.15) is 0 Å². The van der Waals surface area contributed by atoms with Gasteiger partial charge in [-0.15, -0.1) is 10.2 Å². The van der Waals surface area contributed by atoms with Crippen LogP contribution in [0.5, 0.6) is 0 Å². The van der Waals surface area contributed by atoms with Gasteiger partial charge in [0.2, 0.25) is 0 Å². The van der Waals surface area contributed by atoms with E-state index in [1.165, 1.54) is 19.3 Å². The topological polar surface area (TPSA) is 30.7 Å². The first-order valence-corrected chi connectivity index (χ1v) is 7.55. The van der Waals surface area contributed by atoms with Gasteiger partial charge in [0, 0.05) is 12.1 Å². The highest BCUT2D eigenvalue weighted by molar-refractivity contribution is 9.08. The minimum Gasteiger partial charge on any atom is -0.282 e. The molecule has 94 valence electrons. The Labute approximate surface area is 115 Å². The molecule has 0 unspecified atom stereocenters. The van der Waals surface area contributed by atoms with Gasteiger partial charge < -0.3 is 0 Å². The van der Waals surface area contributed by atoms with Crippen LogP contribution in [0.15, 0.2) is 30.3 Å². The number of halogens is 1. The van der Waals surface area contributed by atoms with Crippen molar-refractivity contribution in [2.24, 2.45) is 5.92 Å². The largest absolute Gasteiger partial charge is 0.282 e. The SMILES string of the molecule is BrCc1nnc(CC2CCC2)n1-c1ccccc1. The number of hydrogen-bond donors (Lipinski definition) is 0. The summed E-state index contributed by atoms with van der Waals surface area (Å²) in [6.07, 6.45) is 5.10. The Kier molecular flexibility index (Phi) is 3.46. The van der Waals surface area contributed by atoms with Crippen LogP contribution in [0.1, 0.15) is 30.9 Å². The molecule has 1 heterocycles. The first-order chi connectivity index (χ1) is 8.88. The molecule has 0 amide bonds. The van der Waals surface area contributed by atoms with Crippen molar-refractivity contribution in [3.05, 3.63) is 42.0 Å². The summed E-state index contributed by atoms with van der Waals surface area (Å²) in [6.45, 7) is 0. The van der Waals surface area contributed by atoms with Gasteiger partial charge >= 0.3 is 0 Å². The molecule has 1 fully saturated rings. The van der Waals surface area contributed by atoms with E-state index in [-0.39, 0.29) is 0 Å². The van der Waals surface area contributed by atoms with Crippen molar-refractivity contribution in [1.29, 1.82) is 0 Å². The van der Waals surface area contributed by atoms with Crippen molar-refractivity contribution < 1.29 is 0 Å². The van der Waals surface area contributed by atoms with Gasteiger partial charge in [-0.3, -0.25) is 4.57 Å². The van der Waals surface area contributed by atoms with Crippen LogP contribution in [0.25, 0.3) is 5.69 Å². The lowest BCUT2D eigenvalue weighted by atomic mass is 9.83. The molecule has 1 aromatic carbocycles. The van der Waals surface area contributed by atoms with Crippen LogP contribution in [0.3, 0.4) is 0 Å². The quantitative estimate of drug-likeness (QED) is 0.809. The highest BCUT2D eigenvalue weighted by atomic mass is 79.9. The van der Waals surface area contributed by atoms with Crippen LogP contribution < -0.4 is 0 Å². The Morgan fingerprint density at radius 1 is 1.11 bits per heavy atom. The molecule has 0 bridgehead atoms. The molecule has 0 spiro atoms. The monoisotopic (exact) mass is 305 g/mol. The van der Waals surface area contributed by atoms with E-state index in [2.05, 4.69) is 55.0 Å². The Balaban J connectivity index is 1.96. The lowest BCUT2D eigenvalue weighted by molar-refractivity contribution is 0.308. The van der Waals surface area contributed by atoms with Gasteiger partial charge in [0.15, 0.2) is 0 Å². The van der Waals surface area contributed by atoms with E-state index in [1.54, 1.807) is 0 Å². The molecule has 1 saturated carbocycles. The smallest absolute Gasteiger partial charge is 0.148 e. The summed E-state index contributed by atoms with van der Waals surface area (Å²) in [5.74, 6) is 2.88. The highest BCUT2D eigenvalue weighted by Crippen LogP contribution is 2.30. The summed E-state index contributed by atoms with van der Waals surface area (Å²) < 4.78 is 2.19. The maximum absolute atomic E-state index is 4.37. The Morgan fingerprint density at radius 2 is 1.83 bits per heavy atom. The van der Waals surface area contributed by atoms with Gasteiger partial charge in [0.1, 0.15) is 11.6 Å². The Hall–Kier alpha value is -1.16. The van der Waals surface area contributed by atoms with Crippen molar-refractivity contribution in [3.8, 4) is 5.69 Å². The summed E-state index contributed by atoms with van der Waals surface area (Å²) in [7, 11) is 0. The molecule has 4 heteroatoms. The van der Waals surface area contributed by atoms with E-state index >= 15 is 0 Å². The van der Waals surface area contributed by atoms with Crippen LogP contribution in [0.4, 0.5) is 0 Å². The molecule has 1 aliphatic rings. The number of aromatic nitrogens is 3. The number of rotatable bonds is 4. The molecule has 0 N–H and O–H groups in total. The molecule has 2 aromatic rings. The fourth-order valence-corrected chi connectivity index (χ4v) is 2.77. The Morgan fingerprint density at radius 3 is 2.44 bits per heavy atom. The summed E-state index contributed by atoms with van der Waals surface area (Å²) in [6, 6.07) is 10.4. The highest BCUT2D eigenvalue weighted by Gasteiger charge is 2.22. The minimum absolute atomic E-state index is 0.736. The van der Waals surface area contributed by atoms with E-state index in [0.29, 0.717) is 0 Å². The van der Waals surface area contributed by atoms with E-state index in [0.717, 1.165) is 35.0 Å². The van der Waals surface area contributed by atoms with Crippen molar-refractivity contribution in [2.45, 2.75) is 31.0 Å². The summed E-state index contributed by atoms with van der Waals surface area (Å²) in [5, 5.41) is 9.39. The lowest BCUT2D eigenvalue weighted by Crippen LogP contribution is -2.17. The molecular formula is C14H16BrN3. The molecule has 1 aliphatic carbocycles. The van der Waals surface area contributed by atoms with E-state index in [9.17, 15) is 0 Å². The molecule has 0 saturated heterocycles. The van der Waals surface area contributed by atoms with E-state index < -0.39 is 0 Å².